The van der Waals surface area contributed by atoms with Crippen LogP contribution in [0.1, 0.15) is 28.4 Å². The summed E-state index contributed by atoms with van der Waals surface area (Å²) in [5.74, 6) is -0.0275. The van der Waals surface area contributed by atoms with Crippen molar-refractivity contribution in [3.63, 3.8) is 0 Å². The van der Waals surface area contributed by atoms with Crippen LogP contribution in [0, 0.1) is 14.7 Å². The third-order valence-corrected chi connectivity index (χ3v) is 3.86. The Labute approximate surface area is 140 Å². The van der Waals surface area contributed by atoms with E-state index in [1.165, 1.54) is 25.3 Å². The van der Waals surface area contributed by atoms with Gasteiger partial charge in [-0.15, -0.1) is 14.7 Å². The van der Waals surface area contributed by atoms with Crippen molar-refractivity contribution in [2.45, 2.75) is 12.5 Å². The maximum absolute atomic E-state index is 12.4. The van der Waals surface area contributed by atoms with E-state index in [0.29, 0.717) is 11.3 Å². The van der Waals surface area contributed by atoms with Gasteiger partial charge in [0.2, 0.25) is 0 Å². The molecule has 25 heavy (non-hydrogen) atoms. The minimum Gasteiger partial charge on any atom is -0.494 e. The Kier molecular flexibility index (Phi) is 4.29. The van der Waals surface area contributed by atoms with Gasteiger partial charge in [-0.05, 0) is 39.3 Å². The first-order valence-corrected chi connectivity index (χ1v) is 7.17. The number of ether oxygens (including phenoxy) is 2. The van der Waals surface area contributed by atoms with Gasteiger partial charge in [0.1, 0.15) is 34.7 Å². The number of fused-ring (bicyclic) bond motifs is 1. The lowest BCUT2D eigenvalue weighted by molar-refractivity contribution is 0.0851. The SMILES string of the molecule is COc1ccc(C2CC(=O)c3c(N=O)cc(N=O)cc3O2)cc1N=O. The van der Waals surface area contributed by atoms with E-state index in [2.05, 4.69) is 15.5 Å². The molecule has 0 amide bonds. The van der Waals surface area contributed by atoms with Crippen molar-refractivity contribution >= 4 is 22.8 Å². The van der Waals surface area contributed by atoms with Gasteiger partial charge in [-0.2, -0.15) is 0 Å². The fourth-order valence-electron chi connectivity index (χ4n) is 2.71. The molecule has 1 aliphatic rings. The molecule has 0 radical (unpaired) electrons. The molecule has 9 nitrogen and oxygen atoms in total. The standard InChI is InChI=1S/C16H11N3O6/c1-24-13-3-2-8(4-10(13)18-22)14-7-12(20)16-11(19-23)5-9(17-21)6-15(16)25-14/h2-6,14H,7H2,1H3. The first-order valence-electron chi connectivity index (χ1n) is 7.17. The molecule has 9 heteroatoms. The van der Waals surface area contributed by atoms with Gasteiger partial charge in [-0.1, -0.05) is 6.07 Å². The molecule has 2 aromatic rings. The topological polar surface area (TPSA) is 124 Å². The lowest BCUT2D eigenvalue weighted by Crippen LogP contribution is -2.20. The number of carbonyl (C=O) groups excluding carboxylic acids is 1. The number of carbonyl (C=O) groups is 1. The molecule has 0 N–H and O–H groups in total. The van der Waals surface area contributed by atoms with E-state index in [0.717, 1.165) is 6.07 Å². The van der Waals surface area contributed by atoms with Crippen LogP contribution in [0.2, 0.25) is 0 Å². The zero-order valence-corrected chi connectivity index (χ0v) is 13.0. The van der Waals surface area contributed by atoms with Crippen LogP contribution in [0.4, 0.5) is 17.1 Å². The van der Waals surface area contributed by atoms with Gasteiger partial charge < -0.3 is 9.47 Å². The van der Waals surface area contributed by atoms with E-state index in [-0.39, 0.29) is 40.6 Å². The molecule has 1 heterocycles. The number of benzene rings is 2. The van der Waals surface area contributed by atoms with E-state index in [4.69, 9.17) is 9.47 Å². The summed E-state index contributed by atoms with van der Waals surface area (Å²) < 4.78 is 10.8. The van der Waals surface area contributed by atoms with Crippen LogP contribution in [-0.2, 0) is 0 Å². The zero-order valence-electron chi connectivity index (χ0n) is 13.0. The number of hydrogen-bond donors (Lipinski definition) is 0. The van der Waals surface area contributed by atoms with Crippen LogP contribution in [-0.4, -0.2) is 12.9 Å². The van der Waals surface area contributed by atoms with Crippen molar-refractivity contribution in [2.75, 3.05) is 7.11 Å². The van der Waals surface area contributed by atoms with Crippen LogP contribution < -0.4 is 9.47 Å². The average molecular weight is 341 g/mol. The number of nitrogens with zero attached hydrogens (tertiary/aromatic N) is 3. The van der Waals surface area contributed by atoms with E-state index in [1.54, 1.807) is 6.07 Å². The molecule has 0 aliphatic carbocycles. The Bertz CT molecular complexity index is 896. The summed E-state index contributed by atoms with van der Waals surface area (Å²) in [6.45, 7) is 0. The summed E-state index contributed by atoms with van der Waals surface area (Å²) in [6, 6.07) is 7.02. The Morgan fingerprint density at radius 1 is 1.04 bits per heavy atom. The fraction of sp³-hybridized carbons (Fsp3) is 0.188. The number of methoxy groups -OCH3 is 1. The molecule has 1 aliphatic heterocycles. The number of hydrogen-bond acceptors (Lipinski definition) is 9. The van der Waals surface area contributed by atoms with Crippen molar-refractivity contribution in [1.82, 2.24) is 0 Å². The first-order chi connectivity index (χ1) is 12.1. The van der Waals surface area contributed by atoms with Crippen LogP contribution in [0.3, 0.4) is 0 Å². The Hall–Kier alpha value is -3.49. The van der Waals surface area contributed by atoms with E-state index >= 15 is 0 Å². The molecule has 3 rings (SSSR count). The van der Waals surface area contributed by atoms with Gasteiger partial charge in [0.25, 0.3) is 0 Å². The normalized spacial score (nSPS) is 15.7. The number of nitroso groups, excluding NO2 is 3. The van der Waals surface area contributed by atoms with Crippen LogP contribution in [0.25, 0.3) is 0 Å². The molecular weight excluding hydrogens is 330 g/mol. The lowest BCUT2D eigenvalue weighted by atomic mass is 9.94. The van der Waals surface area contributed by atoms with Crippen molar-refractivity contribution in [2.24, 2.45) is 15.5 Å². The molecule has 0 spiro atoms. The summed E-state index contributed by atoms with van der Waals surface area (Å²) in [5, 5.41) is 8.40. The van der Waals surface area contributed by atoms with Gasteiger partial charge in [-0.3, -0.25) is 4.79 Å². The second kappa shape index (κ2) is 6.56. The highest BCUT2D eigenvalue weighted by molar-refractivity contribution is 6.05. The van der Waals surface area contributed by atoms with E-state index in [1.807, 2.05) is 0 Å². The molecule has 0 fully saturated rings. The second-order valence-corrected chi connectivity index (χ2v) is 5.28. The predicted molar refractivity (Wildman–Crippen MR) is 88.1 cm³/mol. The van der Waals surface area contributed by atoms with Crippen molar-refractivity contribution in [1.29, 1.82) is 0 Å². The van der Waals surface area contributed by atoms with Crippen LogP contribution in [0.5, 0.6) is 11.5 Å². The largest absolute Gasteiger partial charge is 0.494 e. The first kappa shape index (κ1) is 16.4. The molecule has 0 aromatic heterocycles. The number of ketones is 1. The fourth-order valence-corrected chi connectivity index (χ4v) is 2.71. The molecule has 126 valence electrons. The van der Waals surface area contributed by atoms with Crippen LogP contribution >= 0.6 is 0 Å². The minimum atomic E-state index is -0.715. The third-order valence-electron chi connectivity index (χ3n) is 3.86. The monoisotopic (exact) mass is 341 g/mol. The van der Waals surface area contributed by atoms with E-state index in [9.17, 15) is 19.5 Å². The molecule has 1 atom stereocenters. The molecule has 0 bridgehead atoms. The zero-order chi connectivity index (χ0) is 18.0. The molecule has 0 saturated heterocycles. The van der Waals surface area contributed by atoms with Crippen molar-refractivity contribution < 1.29 is 14.3 Å². The highest BCUT2D eigenvalue weighted by atomic mass is 16.5. The number of Topliss-reactive ketones (excluding diaryl/α,β-unsaturated/α-hetero) is 1. The van der Waals surface area contributed by atoms with E-state index < -0.39 is 6.10 Å². The Morgan fingerprint density at radius 3 is 2.44 bits per heavy atom. The van der Waals surface area contributed by atoms with Gasteiger partial charge in [-0.25, -0.2) is 0 Å². The third kappa shape index (κ3) is 2.87. The highest BCUT2D eigenvalue weighted by Gasteiger charge is 2.31. The summed E-state index contributed by atoms with van der Waals surface area (Å²) in [7, 11) is 1.41. The molecular formula is C16H11N3O6. The lowest BCUT2D eigenvalue weighted by Gasteiger charge is -2.26. The summed E-state index contributed by atoms with van der Waals surface area (Å²) in [4.78, 5) is 45.0. The quantitative estimate of drug-likeness (QED) is 0.732. The molecule has 2 aromatic carbocycles. The smallest absolute Gasteiger partial charge is 0.172 e. The van der Waals surface area contributed by atoms with Gasteiger partial charge in [0.05, 0.1) is 19.1 Å². The predicted octanol–water partition coefficient (Wildman–Crippen LogP) is 4.60. The van der Waals surface area contributed by atoms with Gasteiger partial charge >= 0.3 is 0 Å². The van der Waals surface area contributed by atoms with Crippen LogP contribution in [0.15, 0.2) is 45.9 Å². The van der Waals surface area contributed by atoms with Gasteiger partial charge in [0.15, 0.2) is 5.78 Å². The van der Waals surface area contributed by atoms with Gasteiger partial charge in [0, 0.05) is 6.07 Å². The summed E-state index contributed by atoms with van der Waals surface area (Å²) >= 11 is 0. The number of rotatable bonds is 5. The summed E-state index contributed by atoms with van der Waals surface area (Å²) in [6.07, 6.45) is -0.776. The maximum atomic E-state index is 12.4. The van der Waals surface area contributed by atoms with Crippen molar-refractivity contribution in [3.05, 3.63) is 56.2 Å². The molecule has 0 saturated carbocycles. The molecule has 1 unspecified atom stereocenters. The minimum absolute atomic E-state index is 0.0147. The second-order valence-electron chi connectivity index (χ2n) is 5.28. The Balaban J connectivity index is 2.04. The summed E-state index contributed by atoms with van der Waals surface area (Å²) in [5.41, 5.74) is 0.341. The maximum Gasteiger partial charge on any atom is 0.172 e. The Morgan fingerprint density at radius 2 is 1.80 bits per heavy atom. The highest BCUT2D eigenvalue weighted by Crippen LogP contribution is 2.43. The average Bonchev–Trinajstić information content (AvgIpc) is 2.65. The van der Waals surface area contributed by atoms with Crippen molar-refractivity contribution in [3.8, 4) is 11.5 Å².